The Balaban J connectivity index is 3.12. The summed E-state index contributed by atoms with van der Waals surface area (Å²) in [5, 5.41) is 0. The Labute approximate surface area is 63.0 Å². The molecule has 0 amide bonds. The van der Waals surface area contributed by atoms with Crippen LogP contribution in [0.5, 0.6) is 11.8 Å². The zero-order chi connectivity index (χ0) is 8.27. The predicted octanol–water partition coefficient (Wildman–Crippen LogP) is -0.213. The molecule has 0 aliphatic carbocycles. The molecule has 60 valence electrons. The van der Waals surface area contributed by atoms with Gasteiger partial charge < -0.3 is 9.47 Å². The van der Waals surface area contributed by atoms with Crippen molar-refractivity contribution in [1.82, 2.24) is 9.97 Å². The van der Waals surface area contributed by atoms with Crippen LogP contribution >= 0.6 is 0 Å². The highest BCUT2D eigenvalue weighted by Crippen LogP contribution is 2.08. The monoisotopic (exact) mass is 156 g/mol. The highest BCUT2D eigenvalue weighted by atomic mass is 16.5. The summed E-state index contributed by atoms with van der Waals surface area (Å²) in [6.45, 7) is 0. The first-order valence-electron chi connectivity index (χ1n) is 2.95. The fraction of sp³-hybridized carbons (Fsp3) is 0.333. The van der Waals surface area contributed by atoms with Crippen LogP contribution in [-0.4, -0.2) is 24.2 Å². The van der Waals surface area contributed by atoms with Crippen molar-refractivity contribution < 1.29 is 9.47 Å². The van der Waals surface area contributed by atoms with E-state index in [2.05, 4.69) is 9.97 Å². The number of nitrogens with one attached hydrogen (secondary N) is 1. The largest absolute Gasteiger partial charge is 0.482 e. The Bertz CT molecular complexity index is 269. The molecule has 0 aliphatic heterocycles. The SMILES string of the molecule is COc1cc(OC)[nH]c(=O)n1. The fourth-order valence-electron chi connectivity index (χ4n) is 0.628. The predicted molar refractivity (Wildman–Crippen MR) is 38.0 cm³/mol. The summed E-state index contributed by atoms with van der Waals surface area (Å²) in [5.74, 6) is 0.576. The quantitative estimate of drug-likeness (QED) is 0.643. The first-order valence-corrected chi connectivity index (χ1v) is 2.95. The number of nitrogens with zero attached hydrogens (tertiary/aromatic N) is 1. The molecule has 0 radical (unpaired) electrons. The van der Waals surface area contributed by atoms with Crippen molar-refractivity contribution in [2.75, 3.05) is 14.2 Å². The fourth-order valence-corrected chi connectivity index (χ4v) is 0.628. The molecule has 0 fully saturated rings. The second-order valence-electron chi connectivity index (χ2n) is 1.80. The van der Waals surface area contributed by atoms with E-state index in [9.17, 15) is 4.79 Å². The Hall–Kier alpha value is -1.52. The van der Waals surface area contributed by atoms with E-state index in [0.29, 0.717) is 5.88 Å². The average molecular weight is 156 g/mol. The van der Waals surface area contributed by atoms with Crippen LogP contribution in [0.1, 0.15) is 0 Å². The second kappa shape index (κ2) is 3.05. The Morgan fingerprint density at radius 3 is 2.73 bits per heavy atom. The first kappa shape index (κ1) is 7.59. The van der Waals surface area contributed by atoms with Gasteiger partial charge in [0.25, 0.3) is 0 Å². The van der Waals surface area contributed by atoms with Gasteiger partial charge in [0.2, 0.25) is 5.88 Å². The van der Waals surface area contributed by atoms with Gasteiger partial charge in [-0.25, -0.2) is 4.79 Å². The minimum absolute atomic E-state index is 0.241. The molecule has 1 heterocycles. The number of methoxy groups -OCH3 is 2. The van der Waals surface area contributed by atoms with Crippen LogP contribution in [0.2, 0.25) is 0 Å². The van der Waals surface area contributed by atoms with Gasteiger partial charge in [-0.15, -0.1) is 0 Å². The summed E-state index contributed by atoms with van der Waals surface area (Å²) in [6.07, 6.45) is 0. The lowest BCUT2D eigenvalue weighted by atomic mass is 10.6. The lowest BCUT2D eigenvalue weighted by Crippen LogP contribution is -2.11. The molecule has 0 aliphatic rings. The molecule has 0 atom stereocenters. The summed E-state index contributed by atoms with van der Waals surface area (Å²) in [4.78, 5) is 16.6. The lowest BCUT2D eigenvalue weighted by Gasteiger charge is -1.99. The summed E-state index contributed by atoms with van der Waals surface area (Å²) in [6, 6.07) is 1.49. The third-order valence-electron chi connectivity index (χ3n) is 1.13. The number of rotatable bonds is 2. The van der Waals surface area contributed by atoms with Crippen molar-refractivity contribution in [3.05, 3.63) is 16.6 Å². The Morgan fingerprint density at radius 1 is 1.45 bits per heavy atom. The Morgan fingerprint density at radius 2 is 2.18 bits per heavy atom. The van der Waals surface area contributed by atoms with E-state index in [1.165, 1.54) is 20.3 Å². The molecule has 1 aromatic heterocycles. The van der Waals surface area contributed by atoms with E-state index in [-0.39, 0.29) is 5.88 Å². The normalized spacial score (nSPS) is 9.27. The zero-order valence-electron chi connectivity index (χ0n) is 6.25. The lowest BCUT2D eigenvalue weighted by molar-refractivity contribution is 0.369. The van der Waals surface area contributed by atoms with Crippen LogP contribution in [0.3, 0.4) is 0 Å². The highest BCUT2D eigenvalue weighted by molar-refractivity contribution is 5.17. The van der Waals surface area contributed by atoms with Crippen LogP contribution in [0.4, 0.5) is 0 Å². The maximum absolute atomic E-state index is 10.7. The molecule has 0 unspecified atom stereocenters. The Kier molecular flexibility index (Phi) is 2.10. The molecule has 0 saturated heterocycles. The summed E-state index contributed by atoms with van der Waals surface area (Å²) < 4.78 is 9.49. The van der Waals surface area contributed by atoms with E-state index in [1.807, 2.05) is 0 Å². The second-order valence-corrected chi connectivity index (χ2v) is 1.80. The van der Waals surface area contributed by atoms with Gasteiger partial charge in [0, 0.05) is 0 Å². The van der Waals surface area contributed by atoms with Crippen LogP contribution < -0.4 is 15.2 Å². The number of H-pyrrole nitrogens is 1. The van der Waals surface area contributed by atoms with Crippen molar-refractivity contribution in [3.8, 4) is 11.8 Å². The zero-order valence-corrected chi connectivity index (χ0v) is 6.25. The molecule has 11 heavy (non-hydrogen) atoms. The van der Waals surface area contributed by atoms with Gasteiger partial charge in [-0.05, 0) is 0 Å². The molecule has 0 spiro atoms. The van der Waals surface area contributed by atoms with Crippen molar-refractivity contribution >= 4 is 0 Å². The van der Waals surface area contributed by atoms with Gasteiger partial charge in [-0.2, -0.15) is 4.98 Å². The molecular weight excluding hydrogens is 148 g/mol. The number of aromatic amines is 1. The number of hydrogen-bond donors (Lipinski definition) is 1. The maximum Gasteiger partial charge on any atom is 0.351 e. The van der Waals surface area contributed by atoms with Crippen molar-refractivity contribution in [3.63, 3.8) is 0 Å². The van der Waals surface area contributed by atoms with Crippen LogP contribution in [0.25, 0.3) is 0 Å². The minimum Gasteiger partial charge on any atom is -0.482 e. The third kappa shape index (κ3) is 1.70. The molecule has 1 aromatic rings. The topological polar surface area (TPSA) is 64.2 Å². The molecular formula is C6H8N2O3. The van der Waals surface area contributed by atoms with Gasteiger partial charge in [-0.3, -0.25) is 4.98 Å². The molecule has 0 bridgehead atoms. The number of aromatic nitrogens is 2. The van der Waals surface area contributed by atoms with E-state index >= 15 is 0 Å². The number of hydrogen-bond acceptors (Lipinski definition) is 4. The molecule has 0 aromatic carbocycles. The maximum atomic E-state index is 10.7. The van der Waals surface area contributed by atoms with E-state index in [4.69, 9.17) is 9.47 Å². The van der Waals surface area contributed by atoms with Gasteiger partial charge in [0.05, 0.1) is 20.3 Å². The van der Waals surface area contributed by atoms with Crippen molar-refractivity contribution in [2.45, 2.75) is 0 Å². The van der Waals surface area contributed by atoms with Crippen LogP contribution in [0, 0.1) is 0 Å². The van der Waals surface area contributed by atoms with Gasteiger partial charge >= 0.3 is 5.69 Å². The smallest absolute Gasteiger partial charge is 0.351 e. The van der Waals surface area contributed by atoms with Gasteiger partial charge in [0.1, 0.15) is 0 Å². The van der Waals surface area contributed by atoms with E-state index < -0.39 is 5.69 Å². The van der Waals surface area contributed by atoms with Crippen molar-refractivity contribution in [2.24, 2.45) is 0 Å². The van der Waals surface area contributed by atoms with E-state index in [0.717, 1.165) is 0 Å². The standard InChI is InChI=1S/C6H8N2O3/c1-10-4-3-5(11-2)8-6(9)7-4/h3H,1-2H3,(H,7,8,9). The minimum atomic E-state index is -0.485. The van der Waals surface area contributed by atoms with Gasteiger partial charge in [-0.1, -0.05) is 0 Å². The summed E-state index contributed by atoms with van der Waals surface area (Å²) in [5.41, 5.74) is -0.485. The van der Waals surface area contributed by atoms with E-state index in [1.54, 1.807) is 0 Å². The van der Waals surface area contributed by atoms with Crippen LogP contribution in [0.15, 0.2) is 10.9 Å². The highest BCUT2D eigenvalue weighted by Gasteiger charge is 1.98. The molecule has 1 rings (SSSR count). The number of ether oxygens (including phenoxy) is 2. The van der Waals surface area contributed by atoms with Gasteiger partial charge in [0.15, 0.2) is 5.88 Å². The average Bonchev–Trinajstić information content (AvgIpc) is 2.03. The molecule has 5 heteroatoms. The molecule has 1 N–H and O–H groups in total. The van der Waals surface area contributed by atoms with Crippen molar-refractivity contribution in [1.29, 1.82) is 0 Å². The molecule has 0 saturated carbocycles. The van der Waals surface area contributed by atoms with Crippen LogP contribution in [-0.2, 0) is 0 Å². The third-order valence-corrected chi connectivity index (χ3v) is 1.13. The summed E-state index contributed by atoms with van der Waals surface area (Å²) in [7, 11) is 2.88. The first-order chi connectivity index (χ1) is 5.26. The summed E-state index contributed by atoms with van der Waals surface area (Å²) >= 11 is 0. The molecule has 5 nitrogen and oxygen atoms in total.